The molecule has 0 unspecified atom stereocenters. The second kappa shape index (κ2) is 12.4. The first-order chi connectivity index (χ1) is 17.9. The van der Waals surface area contributed by atoms with Gasteiger partial charge in [-0.05, 0) is 60.5 Å². The number of methoxy groups -OCH3 is 1. The van der Waals surface area contributed by atoms with E-state index in [9.17, 15) is 19.2 Å². The normalized spacial score (nSPS) is 17.1. The molecular formula is C27H29N3O6S. The molecule has 194 valence electrons. The minimum Gasteiger partial charge on any atom is -0.493 e. The zero-order valence-corrected chi connectivity index (χ0v) is 21.4. The Morgan fingerprint density at radius 2 is 1.73 bits per heavy atom. The quantitative estimate of drug-likeness (QED) is 0.518. The summed E-state index contributed by atoms with van der Waals surface area (Å²) in [6.45, 7) is 0.859. The molecule has 2 fully saturated rings. The molecule has 2 aromatic rings. The molecule has 0 atom stereocenters. The lowest BCUT2D eigenvalue weighted by Gasteiger charge is -2.22. The van der Waals surface area contributed by atoms with E-state index in [1.165, 1.54) is 7.11 Å². The van der Waals surface area contributed by atoms with Crippen molar-refractivity contribution in [2.24, 2.45) is 0 Å². The van der Waals surface area contributed by atoms with Crippen LogP contribution < -0.4 is 14.8 Å². The Morgan fingerprint density at radius 3 is 2.43 bits per heavy atom. The number of carbonyl (C=O) groups is 4. The van der Waals surface area contributed by atoms with Gasteiger partial charge in [0, 0.05) is 18.8 Å². The average Bonchev–Trinajstić information content (AvgIpc) is 3.08. The first-order valence-electron chi connectivity index (χ1n) is 12.1. The van der Waals surface area contributed by atoms with Crippen molar-refractivity contribution in [3.8, 4) is 11.5 Å². The van der Waals surface area contributed by atoms with Gasteiger partial charge in [0.15, 0.2) is 18.1 Å². The number of rotatable bonds is 8. The van der Waals surface area contributed by atoms with Crippen molar-refractivity contribution in [3.63, 3.8) is 0 Å². The molecule has 9 nitrogen and oxygen atoms in total. The van der Waals surface area contributed by atoms with Crippen molar-refractivity contribution in [2.45, 2.75) is 25.7 Å². The van der Waals surface area contributed by atoms with Crippen LogP contribution in [0.15, 0.2) is 53.4 Å². The summed E-state index contributed by atoms with van der Waals surface area (Å²) in [6, 6.07) is 14.0. The van der Waals surface area contributed by atoms with Gasteiger partial charge >= 0.3 is 0 Å². The van der Waals surface area contributed by atoms with E-state index < -0.39 is 11.1 Å². The molecular weight excluding hydrogens is 494 g/mol. The number of benzene rings is 2. The smallest absolute Gasteiger partial charge is 0.294 e. The van der Waals surface area contributed by atoms with Crippen molar-refractivity contribution in [3.05, 3.63) is 59.0 Å². The summed E-state index contributed by atoms with van der Waals surface area (Å²) in [7, 11) is 1.47. The van der Waals surface area contributed by atoms with Crippen LogP contribution in [-0.4, -0.2) is 66.1 Å². The fourth-order valence-electron chi connectivity index (χ4n) is 4.10. The Labute approximate surface area is 219 Å². The van der Waals surface area contributed by atoms with E-state index in [-0.39, 0.29) is 29.9 Å². The second-order valence-electron chi connectivity index (χ2n) is 8.68. The predicted molar refractivity (Wildman–Crippen MR) is 141 cm³/mol. The second-order valence-corrected chi connectivity index (χ2v) is 9.67. The van der Waals surface area contributed by atoms with Crippen LogP contribution in [0, 0.1) is 0 Å². The van der Waals surface area contributed by atoms with Crippen LogP contribution >= 0.6 is 11.8 Å². The van der Waals surface area contributed by atoms with Crippen molar-refractivity contribution < 1.29 is 28.7 Å². The highest BCUT2D eigenvalue weighted by atomic mass is 32.2. The van der Waals surface area contributed by atoms with E-state index in [2.05, 4.69) is 5.32 Å². The number of amides is 4. The topological polar surface area (TPSA) is 105 Å². The van der Waals surface area contributed by atoms with Gasteiger partial charge in [0.25, 0.3) is 17.1 Å². The molecule has 0 radical (unpaired) electrons. The monoisotopic (exact) mass is 523 g/mol. The highest BCUT2D eigenvalue weighted by Crippen LogP contribution is 2.34. The molecule has 2 aliphatic rings. The molecule has 10 heteroatoms. The fraction of sp³-hybridized carbons (Fsp3) is 0.333. The number of ether oxygens (including phenoxy) is 2. The van der Waals surface area contributed by atoms with Crippen LogP contribution in [-0.2, 0) is 14.4 Å². The van der Waals surface area contributed by atoms with Gasteiger partial charge in [0.05, 0.1) is 12.0 Å². The summed E-state index contributed by atoms with van der Waals surface area (Å²) < 4.78 is 11.0. The Balaban J connectivity index is 1.38. The molecule has 0 aromatic heterocycles. The van der Waals surface area contributed by atoms with Gasteiger partial charge in [-0.25, -0.2) is 0 Å². The molecule has 2 aromatic carbocycles. The van der Waals surface area contributed by atoms with Crippen molar-refractivity contribution in [2.75, 3.05) is 38.7 Å². The van der Waals surface area contributed by atoms with E-state index in [4.69, 9.17) is 9.47 Å². The highest BCUT2D eigenvalue weighted by Gasteiger charge is 2.37. The van der Waals surface area contributed by atoms with Crippen LogP contribution in [0.1, 0.15) is 31.2 Å². The van der Waals surface area contributed by atoms with Gasteiger partial charge in [-0.1, -0.05) is 37.1 Å². The van der Waals surface area contributed by atoms with Crippen LogP contribution in [0.3, 0.4) is 0 Å². The lowest BCUT2D eigenvalue weighted by atomic mass is 10.2. The number of anilines is 1. The summed E-state index contributed by atoms with van der Waals surface area (Å²) in [6.07, 6.45) is 5.62. The maximum atomic E-state index is 12.9. The molecule has 37 heavy (non-hydrogen) atoms. The lowest BCUT2D eigenvalue weighted by Crippen LogP contribution is -2.42. The highest BCUT2D eigenvalue weighted by molar-refractivity contribution is 8.18. The largest absolute Gasteiger partial charge is 0.493 e. The SMILES string of the molecule is COc1cc(C=C2SC(=O)N(CC(=O)N3CCCCCC3)C2=O)ccc1OCC(=O)Nc1ccccc1. The number of nitrogens with zero attached hydrogens (tertiary/aromatic N) is 2. The van der Waals surface area contributed by atoms with E-state index in [0.29, 0.717) is 35.8 Å². The van der Waals surface area contributed by atoms with Crippen molar-refractivity contribution in [1.82, 2.24) is 9.80 Å². The molecule has 0 spiro atoms. The number of likely N-dealkylation sites (tertiary alicyclic amines) is 1. The van der Waals surface area contributed by atoms with Gasteiger partial charge in [-0.3, -0.25) is 24.1 Å². The van der Waals surface area contributed by atoms with E-state index in [1.807, 2.05) is 18.2 Å². The molecule has 0 bridgehead atoms. The zero-order chi connectivity index (χ0) is 26.2. The van der Waals surface area contributed by atoms with Crippen LogP contribution in [0.5, 0.6) is 11.5 Å². The molecule has 4 rings (SSSR count). The van der Waals surface area contributed by atoms with E-state index in [0.717, 1.165) is 42.3 Å². The standard InChI is InChI=1S/C27H29N3O6S/c1-35-22-15-19(11-12-21(22)36-18-24(31)28-20-9-5-4-6-10-20)16-23-26(33)30(27(34)37-23)17-25(32)29-13-7-2-3-8-14-29/h4-6,9-12,15-16H,2-3,7-8,13-14,17-18H2,1H3,(H,28,31). The zero-order valence-electron chi connectivity index (χ0n) is 20.6. The van der Waals surface area contributed by atoms with Crippen LogP contribution in [0.25, 0.3) is 6.08 Å². The minimum atomic E-state index is -0.491. The fourth-order valence-corrected chi connectivity index (χ4v) is 4.94. The molecule has 0 saturated carbocycles. The van der Waals surface area contributed by atoms with Crippen molar-refractivity contribution in [1.29, 1.82) is 0 Å². The van der Waals surface area contributed by atoms with Gasteiger partial charge in [0.2, 0.25) is 5.91 Å². The third kappa shape index (κ3) is 6.91. The van der Waals surface area contributed by atoms with E-state index >= 15 is 0 Å². The molecule has 4 amide bonds. The summed E-state index contributed by atoms with van der Waals surface area (Å²) in [5.74, 6) is -0.281. The Bertz CT molecular complexity index is 1190. The number of thioether (sulfide) groups is 1. The summed E-state index contributed by atoms with van der Waals surface area (Å²) in [5.41, 5.74) is 1.28. The van der Waals surface area contributed by atoms with E-state index in [1.54, 1.807) is 41.3 Å². The van der Waals surface area contributed by atoms with Crippen molar-refractivity contribution >= 4 is 46.5 Å². The maximum Gasteiger partial charge on any atom is 0.294 e. The molecule has 2 heterocycles. The lowest BCUT2D eigenvalue weighted by molar-refractivity contribution is -0.135. The Morgan fingerprint density at radius 1 is 1.00 bits per heavy atom. The maximum absolute atomic E-state index is 12.9. The Kier molecular flexibility index (Phi) is 8.84. The van der Waals surface area contributed by atoms with Gasteiger partial charge in [-0.2, -0.15) is 0 Å². The Hall–Kier alpha value is -3.79. The number of imide groups is 1. The minimum absolute atomic E-state index is 0.204. The third-order valence-electron chi connectivity index (χ3n) is 6.03. The average molecular weight is 524 g/mol. The number of carbonyl (C=O) groups excluding carboxylic acids is 4. The first-order valence-corrected chi connectivity index (χ1v) is 12.9. The number of hydrogen-bond acceptors (Lipinski definition) is 7. The number of nitrogens with one attached hydrogen (secondary N) is 1. The van der Waals surface area contributed by atoms with Gasteiger partial charge in [0.1, 0.15) is 6.54 Å². The molecule has 0 aliphatic carbocycles. The first kappa shape index (κ1) is 26.3. The summed E-state index contributed by atoms with van der Waals surface area (Å²) >= 11 is 0.805. The predicted octanol–water partition coefficient (Wildman–Crippen LogP) is 4.15. The molecule has 2 saturated heterocycles. The summed E-state index contributed by atoms with van der Waals surface area (Å²) in [4.78, 5) is 53.2. The molecule has 1 N–H and O–H groups in total. The number of para-hydroxylation sites is 1. The van der Waals surface area contributed by atoms with Gasteiger partial charge in [-0.15, -0.1) is 0 Å². The summed E-state index contributed by atoms with van der Waals surface area (Å²) in [5, 5.41) is 2.28. The van der Waals surface area contributed by atoms with Crippen LogP contribution in [0.4, 0.5) is 10.5 Å². The molecule has 2 aliphatic heterocycles. The van der Waals surface area contributed by atoms with Gasteiger partial charge < -0.3 is 19.7 Å². The third-order valence-corrected chi connectivity index (χ3v) is 6.93. The van der Waals surface area contributed by atoms with Crippen LogP contribution in [0.2, 0.25) is 0 Å². The number of hydrogen-bond donors (Lipinski definition) is 1.